The van der Waals surface area contributed by atoms with Crippen molar-refractivity contribution in [3.05, 3.63) is 27.8 Å². The molecule has 0 radical (unpaired) electrons. The van der Waals surface area contributed by atoms with Crippen molar-refractivity contribution in [2.24, 2.45) is 5.73 Å². The van der Waals surface area contributed by atoms with Crippen molar-refractivity contribution in [2.75, 3.05) is 20.8 Å². The van der Waals surface area contributed by atoms with Gasteiger partial charge in [-0.3, -0.25) is 20.2 Å². The number of urea groups is 1. The van der Waals surface area contributed by atoms with Gasteiger partial charge in [-0.25, -0.2) is 9.59 Å². The van der Waals surface area contributed by atoms with Gasteiger partial charge in [-0.2, -0.15) is 0 Å². The lowest BCUT2D eigenvalue weighted by molar-refractivity contribution is -0.385. The Hall–Kier alpha value is -3.37. The molecule has 0 saturated carbocycles. The van der Waals surface area contributed by atoms with Crippen LogP contribution in [0.25, 0.3) is 0 Å². The Balaban J connectivity index is 3.05. The second-order valence-corrected chi connectivity index (χ2v) is 3.97. The maximum atomic E-state index is 11.9. The minimum atomic E-state index is -1.16. The fourth-order valence-corrected chi connectivity index (χ4v) is 1.57. The predicted octanol–water partition coefficient (Wildman–Crippen LogP) is -0.0363. The molecule has 0 heterocycles. The molecule has 0 aliphatic carbocycles. The lowest BCUT2D eigenvalue weighted by Crippen LogP contribution is -2.37. The van der Waals surface area contributed by atoms with Crippen LogP contribution in [0.3, 0.4) is 0 Å². The third kappa shape index (κ3) is 4.56. The minimum Gasteiger partial charge on any atom is -0.493 e. The topological polar surface area (TPSA) is 160 Å². The molecule has 1 aromatic carbocycles. The molecule has 0 aromatic heterocycles. The number of ether oxygens (including phenoxy) is 3. The number of carbonyl (C=O) groups excluding carboxylic acids is 3. The quantitative estimate of drug-likeness (QED) is 0.418. The van der Waals surface area contributed by atoms with E-state index in [1.807, 2.05) is 0 Å². The van der Waals surface area contributed by atoms with E-state index in [2.05, 4.69) is 4.74 Å². The average molecular weight is 327 g/mol. The summed E-state index contributed by atoms with van der Waals surface area (Å²) in [6, 6.07) is 0.910. The second kappa shape index (κ2) is 7.59. The number of esters is 1. The Morgan fingerprint density at radius 2 is 1.78 bits per heavy atom. The van der Waals surface area contributed by atoms with Gasteiger partial charge in [0.25, 0.3) is 11.6 Å². The Bertz CT molecular complexity index is 658. The van der Waals surface area contributed by atoms with E-state index in [0.717, 1.165) is 12.1 Å². The molecular formula is C12H13N3O8. The van der Waals surface area contributed by atoms with Gasteiger partial charge >= 0.3 is 12.0 Å². The number of nitrogens with one attached hydrogen (secondary N) is 1. The van der Waals surface area contributed by atoms with Gasteiger partial charge in [0.1, 0.15) is 5.56 Å². The van der Waals surface area contributed by atoms with Gasteiger partial charge in [0, 0.05) is 6.07 Å². The molecule has 1 aromatic rings. The summed E-state index contributed by atoms with van der Waals surface area (Å²) in [6.45, 7) is -0.840. The third-order valence-corrected chi connectivity index (χ3v) is 2.52. The van der Waals surface area contributed by atoms with Gasteiger partial charge in [0.2, 0.25) is 0 Å². The molecule has 0 aliphatic rings. The number of methoxy groups -OCH3 is 2. The number of primary amides is 1. The van der Waals surface area contributed by atoms with E-state index >= 15 is 0 Å². The number of nitrogens with two attached hydrogens (primary N) is 1. The van der Waals surface area contributed by atoms with Crippen LogP contribution < -0.4 is 20.5 Å². The first kappa shape index (κ1) is 17.7. The first-order valence-corrected chi connectivity index (χ1v) is 5.97. The number of hydrogen-bond acceptors (Lipinski definition) is 8. The van der Waals surface area contributed by atoms with Crippen LogP contribution in [0.4, 0.5) is 10.5 Å². The van der Waals surface area contributed by atoms with Crippen molar-refractivity contribution < 1.29 is 33.5 Å². The smallest absolute Gasteiger partial charge is 0.345 e. The monoisotopic (exact) mass is 327 g/mol. The molecule has 3 amide bonds. The maximum Gasteiger partial charge on any atom is 0.345 e. The third-order valence-electron chi connectivity index (χ3n) is 2.52. The highest BCUT2D eigenvalue weighted by Crippen LogP contribution is 2.34. The number of nitrogens with zero attached hydrogens (tertiary/aromatic N) is 1. The van der Waals surface area contributed by atoms with Gasteiger partial charge in [-0.1, -0.05) is 0 Å². The zero-order chi connectivity index (χ0) is 17.6. The normalized spacial score (nSPS) is 9.65. The highest BCUT2D eigenvalue weighted by atomic mass is 16.6. The molecule has 1 rings (SSSR count). The zero-order valence-corrected chi connectivity index (χ0v) is 12.2. The van der Waals surface area contributed by atoms with Gasteiger partial charge in [0.05, 0.1) is 25.2 Å². The molecule has 0 saturated heterocycles. The fourth-order valence-electron chi connectivity index (χ4n) is 1.57. The lowest BCUT2D eigenvalue weighted by atomic mass is 10.1. The van der Waals surface area contributed by atoms with E-state index in [4.69, 9.17) is 15.2 Å². The van der Waals surface area contributed by atoms with Crippen molar-refractivity contribution >= 4 is 23.6 Å². The Kier molecular flexibility index (Phi) is 5.83. The van der Waals surface area contributed by atoms with E-state index in [-0.39, 0.29) is 11.5 Å². The molecule has 124 valence electrons. The number of imide groups is 1. The Labute approximate surface area is 129 Å². The van der Waals surface area contributed by atoms with E-state index in [1.165, 1.54) is 14.2 Å². The highest BCUT2D eigenvalue weighted by molar-refractivity contribution is 5.98. The van der Waals surface area contributed by atoms with Crippen LogP contribution >= 0.6 is 0 Å². The number of rotatable bonds is 6. The largest absolute Gasteiger partial charge is 0.493 e. The molecule has 0 aliphatic heterocycles. The summed E-state index contributed by atoms with van der Waals surface area (Å²) in [5, 5.41) is 12.7. The van der Waals surface area contributed by atoms with Crippen molar-refractivity contribution in [3.8, 4) is 11.5 Å². The van der Waals surface area contributed by atoms with Gasteiger partial charge < -0.3 is 19.9 Å². The summed E-state index contributed by atoms with van der Waals surface area (Å²) < 4.78 is 14.4. The molecule has 3 N–H and O–H groups in total. The van der Waals surface area contributed by atoms with Crippen molar-refractivity contribution in [3.63, 3.8) is 0 Å². The van der Waals surface area contributed by atoms with Gasteiger partial charge in [-0.15, -0.1) is 0 Å². The van der Waals surface area contributed by atoms with E-state index < -0.39 is 40.7 Å². The molecule has 11 nitrogen and oxygen atoms in total. The maximum absolute atomic E-state index is 11.9. The van der Waals surface area contributed by atoms with Crippen LogP contribution in [-0.4, -0.2) is 43.7 Å². The van der Waals surface area contributed by atoms with Crippen molar-refractivity contribution in [2.45, 2.75) is 0 Å². The zero-order valence-electron chi connectivity index (χ0n) is 12.2. The van der Waals surface area contributed by atoms with Crippen LogP contribution in [0.1, 0.15) is 10.4 Å². The number of amides is 3. The average Bonchev–Trinajstić information content (AvgIpc) is 2.50. The van der Waals surface area contributed by atoms with Gasteiger partial charge in [-0.05, 0) is 0 Å². The molecule has 11 heteroatoms. The van der Waals surface area contributed by atoms with E-state index in [9.17, 15) is 24.5 Å². The number of benzene rings is 1. The van der Waals surface area contributed by atoms with Crippen LogP contribution in [0.2, 0.25) is 0 Å². The SMILES string of the molecule is COc1cc(C(=O)OCC(=O)NC(N)=O)c([N+](=O)[O-])cc1OC. The highest BCUT2D eigenvalue weighted by Gasteiger charge is 2.26. The standard InChI is InChI=1S/C12H13N3O8/c1-21-8-3-6(7(15(19)20)4-9(8)22-2)11(17)23-5-10(16)14-12(13)18/h3-4H,5H2,1-2H3,(H3,13,14,16,18). The molecule has 0 unspecified atom stereocenters. The lowest BCUT2D eigenvalue weighted by Gasteiger charge is -2.10. The van der Waals surface area contributed by atoms with Crippen molar-refractivity contribution in [1.29, 1.82) is 0 Å². The Morgan fingerprint density at radius 3 is 2.26 bits per heavy atom. The molecule has 0 atom stereocenters. The summed E-state index contributed by atoms with van der Waals surface area (Å²) in [5.74, 6) is -2.03. The summed E-state index contributed by atoms with van der Waals surface area (Å²) in [6.07, 6.45) is 0. The summed E-state index contributed by atoms with van der Waals surface area (Å²) in [7, 11) is 2.55. The predicted molar refractivity (Wildman–Crippen MR) is 74.2 cm³/mol. The molecule has 0 fully saturated rings. The summed E-state index contributed by atoms with van der Waals surface area (Å²) >= 11 is 0. The van der Waals surface area contributed by atoms with E-state index in [1.54, 1.807) is 5.32 Å². The number of nitro groups is 1. The Morgan fingerprint density at radius 1 is 1.22 bits per heavy atom. The molecular weight excluding hydrogens is 314 g/mol. The fraction of sp³-hybridized carbons (Fsp3) is 0.250. The van der Waals surface area contributed by atoms with Gasteiger partial charge in [0.15, 0.2) is 18.1 Å². The summed E-state index contributed by atoms with van der Waals surface area (Å²) in [4.78, 5) is 43.7. The number of carbonyl (C=O) groups is 3. The first-order chi connectivity index (χ1) is 10.8. The number of nitro benzene ring substituents is 1. The molecule has 0 bridgehead atoms. The van der Waals surface area contributed by atoms with Crippen LogP contribution in [-0.2, 0) is 9.53 Å². The molecule has 0 spiro atoms. The number of hydrogen-bond donors (Lipinski definition) is 2. The van der Waals surface area contributed by atoms with Crippen LogP contribution in [0, 0.1) is 10.1 Å². The van der Waals surface area contributed by atoms with Crippen LogP contribution in [0.15, 0.2) is 12.1 Å². The van der Waals surface area contributed by atoms with Crippen LogP contribution in [0.5, 0.6) is 11.5 Å². The first-order valence-electron chi connectivity index (χ1n) is 5.97. The summed E-state index contributed by atoms with van der Waals surface area (Å²) in [5.41, 5.74) is 3.67. The molecule has 23 heavy (non-hydrogen) atoms. The minimum absolute atomic E-state index is 0.0437. The van der Waals surface area contributed by atoms with E-state index in [0.29, 0.717) is 0 Å². The van der Waals surface area contributed by atoms with Crippen molar-refractivity contribution in [1.82, 2.24) is 5.32 Å². The second-order valence-electron chi connectivity index (χ2n) is 3.97.